The molecule has 2 aliphatic heterocycles. The Labute approximate surface area is 225 Å². The van der Waals surface area contributed by atoms with Crippen LogP contribution in [0, 0.1) is 11.8 Å². The molecule has 0 N–H and O–H groups in total. The molecule has 3 atom stereocenters. The summed E-state index contributed by atoms with van der Waals surface area (Å²) < 4.78 is 2.39. The van der Waals surface area contributed by atoms with Crippen LogP contribution in [0.3, 0.4) is 0 Å². The van der Waals surface area contributed by atoms with Gasteiger partial charge in [-0.2, -0.15) is 5.10 Å². The van der Waals surface area contributed by atoms with Crippen molar-refractivity contribution in [3.05, 3.63) is 41.7 Å². The maximum atomic E-state index is 12.4. The van der Waals surface area contributed by atoms with E-state index in [2.05, 4.69) is 59.0 Å². The zero-order valence-electron chi connectivity index (χ0n) is 23.1. The second-order valence-electron chi connectivity index (χ2n) is 12.4. The van der Waals surface area contributed by atoms with Gasteiger partial charge in [-0.1, -0.05) is 18.2 Å². The molecule has 4 aliphatic rings. The maximum Gasteiger partial charge on any atom is 0.219 e. The Morgan fingerprint density at radius 2 is 1.87 bits per heavy atom. The van der Waals surface area contributed by atoms with Gasteiger partial charge in [-0.25, -0.2) is 4.98 Å². The molecule has 0 spiro atoms. The van der Waals surface area contributed by atoms with E-state index in [0.29, 0.717) is 18.6 Å². The first-order valence-electron chi connectivity index (χ1n) is 14.6. The van der Waals surface area contributed by atoms with Crippen molar-refractivity contribution in [2.75, 3.05) is 38.6 Å². The summed E-state index contributed by atoms with van der Waals surface area (Å²) in [5.74, 6) is 3.13. The Morgan fingerprint density at radius 1 is 1.05 bits per heavy atom. The van der Waals surface area contributed by atoms with Crippen LogP contribution in [0.5, 0.6) is 0 Å². The fraction of sp³-hybridized carbons (Fsp3) is 0.581. The molecular formula is C31H40N6O. The number of anilines is 1. The molecule has 7 rings (SSSR count). The first kappa shape index (κ1) is 24.1. The molecule has 0 radical (unpaired) electrons. The molecule has 200 valence electrons. The van der Waals surface area contributed by atoms with Gasteiger partial charge in [0.2, 0.25) is 5.91 Å². The molecule has 1 aromatic carbocycles. The third-order valence-corrected chi connectivity index (χ3v) is 9.91. The number of hydrogen-bond donors (Lipinski definition) is 0. The molecule has 7 nitrogen and oxygen atoms in total. The van der Waals surface area contributed by atoms with Crippen LogP contribution in [-0.2, 0) is 17.8 Å². The van der Waals surface area contributed by atoms with E-state index in [1.807, 2.05) is 4.90 Å². The highest BCUT2D eigenvalue weighted by Gasteiger charge is 2.40. The van der Waals surface area contributed by atoms with Crippen LogP contribution in [0.4, 0.5) is 5.82 Å². The van der Waals surface area contributed by atoms with Crippen molar-refractivity contribution >= 4 is 22.5 Å². The smallest absolute Gasteiger partial charge is 0.219 e. The lowest BCUT2D eigenvalue weighted by molar-refractivity contribution is -0.129. The van der Waals surface area contributed by atoms with Gasteiger partial charge in [0, 0.05) is 74.0 Å². The quantitative estimate of drug-likeness (QED) is 0.498. The van der Waals surface area contributed by atoms with E-state index in [4.69, 9.17) is 10.1 Å². The van der Waals surface area contributed by atoms with E-state index in [1.54, 1.807) is 6.92 Å². The predicted molar refractivity (Wildman–Crippen MR) is 151 cm³/mol. The summed E-state index contributed by atoms with van der Waals surface area (Å²) in [6.45, 7) is 5.19. The second-order valence-corrected chi connectivity index (χ2v) is 12.4. The summed E-state index contributed by atoms with van der Waals surface area (Å²) in [5.41, 5.74) is 4.79. The second kappa shape index (κ2) is 9.37. The van der Waals surface area contributed by atoms with Gasteiger partial charge in [0.05, 0.1) is 11.7 Å². The van der Waals surface area contributed by atoms with Crippen LogP contribution in [0.25, 0.3) is 22.0 Å². The van der Waals surface area contributed by atoms with Crippen LogP contribution in [0.2, 0.25) is 0 Å². The third kappa shape index (κ3) is 4.19. The number of benzene rings is 1. The number of amides is 1. The molecule has 7 heteroatoms. The number of aromatic nitrogens is 3. The normalized spacial score (nSPS) is 26.9. The van der Waals surface area contributed by atoms with Crippen molar-refractivity contribution in [2.45, 2.75) is 70.5 Å². The highest BCUT2D eigenvalue weighted by molar-refractivity contribution is 5.97. The van der Waals surface area contributed by atoms with Crippen molar-refractivity contribution in [1.29, 1.82) is 0 Å². The Bertz CT molecular complexity index is 1370. The number of nitrogens with zero attached hydrogens (tertiary/aromatic N) is 6. The summed E-state index contributed by atoms with van der Waals surface area (Å²) in [7, 11) is 4.33. The molecule has 2 aliphatic carbocycles. The lowest BCUT2D eigenvalue weighted by Crippen LogP contribution is -2.35. The summed E-state index contributed by atoms with van der Waals surface area (Å²) in [4.78, 5) is 24.0. The minimum atomic E-state index is 0.148. The van der Waals surface area contributed by atoms with E-state index < -0.39 is 0 Å². The van der Waals surface area contributed by atoms with Gasteiger partial charge in [-0.3, -0.25) is 9.48 Å². The van der Waals surface area contributed by atoms with Crippen molar-refractivity contribution in [1.82, 2.24) is 24.6 Å². The molecule has 4 heterocycles. The van der Waals surface area contributed by atoms with Gasteiger partial charge in [0.15, 0.2) is 0 Å². The first-order chi connectivity index (χ1) is 18.5. The minimum absolute atomic E-state index is 0.148. The Hall–Kier alpha value is -2.93. The van der Waals surface area contributed by atoms with Crippen molar-refractivity contribution < 1.29 is 4.79 Å². The van der Waals surface area contributed by atoms with Crippen LogP contribution < -0.4 is 4.90 Å². The van der Waals surface area contributed by atoms with Gasteiger partial charge in [-0.05, 0) is 75.9 Å². The SMILES string of the molecule is CC(=O)N1CCc2c(c(-c3cccc4cc(N5CC[C@H](N(C)C)C5)ncc34)nn2C2CCC3CC3CC2)C1. The lowest BCUT2D eigenvalue weighted by Gasteiger charge is -2.28. The molecule has 1 amide bonds. The highest BCUT2D eigenvalue weighted by Crippen LogP contribution is 2.50. The standard InChI is InChI=1S/C31H40N6O/c1-20(38)35-14-12-29-28(19-35)31(33-37(29)24-9-7-21-15-22(21)8-10-24)26-6-4-5-23-16-30(32-17-27(23)26)36-13-11-25(18-36)34(2)3/h4-6,16-17,21-22,24-25H,7-15,18-19H2,1-3H3/t21?,22?,24?,25-/m0/s1. The Morgan fingerprint density at radius 3 is 2.61 bits per heavy atom. The van der Waals surface area contributed by atoms with E-state index in [-0.39, 0.29) is 5.91 Å². The van der Waals surface area contributed by atoms with Gasteiger partial charge in [0.1, 0.15) is 5.82 Å². The number of rotatable bonds is 4. The van der Waals surface area contributed by atoms with E-state index in [9.17, 15) is 4.79 Å². The Balaban J connectivity index is 1.27. The summed E-state index contributed by atoms with van der Waals surface area (Å²) >= 11 is 0. The minimum Gasteiger partial charge on any atom is -0.355 e. The van der Waals surface area contributed by atoms with Crippen LogP contribution in [-0.4, -0.2) is 70.2 Å². The number of likely N-dealkylation sites (N-methyl/N-ethyl adjacent to an activating group) is 1. The first-order valence-corrected chi connectivity index (χ1v) is 14.6. The molecule has 2 aromatic heterocycles. The zero-order chi connectivity index (χ0) is 26.0. The lowest BCUT2D eigenvalue weighted by atomic mass is 9.97. The monoisotopic (exact) mass is 512 g/mol. The molecular weight excluding hydrogens is 472 g/mol. The van der Waals surface area contributed by atoms with Crippen molar-refractivity contribution in [3.63, 3.8) is 0 Å². The number of fused-ring (bicyclic) bond motifs is 3. The molecule has 38 heavy (non-hydrogen) atoms. The average Bonchev–Trinajstić information content (AvgIpc) is 3.36. The zero-order valence-corrected chi connectivity index (χ0v) is 23.1. The van der Waals surface area contributed by atoms with Crippen molar-refractivity contribution in [2.24, 2.45) is 11.8 Å². The van der Waals surface area contributed by atoms with Crippen LogP contribution in [0.1, 0.15) is 62.7 Å². The highest BCUT2D eigenvalue weighted by atomic mass is 16.2. The largest absolute Gasteiger partial charge is 0.355 e. The van der Waals surface area contributed by atoms with E-state index in [1.165, 1.54) is 55.2 Å². The predicted octanol–water partition coefficient (Wildman–Crippen LogP) is 4.89. The fourth-order valence-corrected chi connectivity index (χ4v) is 7.36. The van der Waals surface area contributed by atoms with Crippen LogP contribution in [0.15, 0.2) is 30.5 Å². The summed E-state index contributed by atoms with van der Waals surface area (Å²) in [6.07, 6.45) is 10.7. The number of carbonyl (C=O) groups excluding carboxylic acids is 1. The maximum absolute atomic E-state index is 12.4. The van der Waals surface area contributed by atoms with E-state index >= 15 is 0 Å². The average molecular weight is 513 g/mol. The molecule has 2 unspecified atom stereocenters. The molecule has 3 aromatic rings. The van der Waals surface area contributed by atoms with E-state index in [0.717, 1.165) is 60.4 Å². The van der Waals surface area contributed by atoms with Gasteiger partial charge in [0.25, 0.3) is 0 Å². The summed E-state index contributed by atoms with van der Waals surface area (Å²) in [5, 5.41) is 7.73. The molecule has 1 saturated heterocycles. The number of carbonyl (C=O) groups is 1. The molecule has 0 bridgehead atoms. The van der Waals surface area contributed by atoms with Crippen molar-refractivity contribution in [3.8, 4) is 11.3 Å². The molecule has 3 fully saturated rings. The Kier molecular flexibility index (Phi) is 5.95. The van der Waals surface area contributed by atoms with Gasteiger partial charge < -0.3 is 14.7 Å². The third-order valence-electron chi connectivity index (χ3n) is 9.91. The fourth-order valence-electron chi connectivity index (χ4n) is 7.36. The summed E-state index contributed by atoms with van der Waals surface area (Å²) in [6, 6.07) is 9.86. The van der Waals surface area contributed by atoms with Crippen LogP contribution >= 0.6 is 0 Å². The number of pyridine rings is 1. The number of hydrogen-bond acceptors (Lipinski definition) is 5. The van der Waals surface area contributed by atoms with Gasteiger partial charge >= 0.3 is 0 Å². The van der Waals surface area contributed by atoms with Gasteiger partial charge in [-0.15, -0.1) is 0 Å². The topological polar surface area (TPSA) is 57.5 Å². The molecule has 2 saturated carbocycles.